The van der Waals surface area contributed by atoms with E-state index in [0.717, 1.165) is 0 Å². The van der Waals surface area contributed by atoms with Gasteiger partial charge in [0.05, 0.1) is 11.4 Å². The van der Waals surface area contributed by atoms with Crippen LogP contribution in [0.3, 0.4) is 0 Å². The number of hydrogen-bond acceptors (Lipinski definition) is 3. The van der Waals surface area contributed by atoms with E-state index in [9.17, 15) is 4.79 Å². The number of carbonyl (C=O) groups is 1. The fourth-order valence-corrected chi connectivity index (χ4v) is 1.06. The zero-order valence-electron chi connectivity index (χ0n) is 7.86. The van der Waals surface area contributed by atoms with Crippen LogP contribution in [0.1, 0.15) is 12.8 Å². The highest BCUT2D eigenvalue weighted by Gasteiger charge is 2.03. The van der Waals surface area contributed by atoms with Gasteiger partial charge in [-0.3, -0.25) is 4.79 Å². The van der Waals surface area contributed by atoms with Gasteiger partial charge in [0.1, 0.15) is 0 Å². The van der Waals surface area contributed by atoms with Gasteiger partial charge >= 0.3 is 0 Å². The Kier molecular flexibility index (Phi) is 3.94. The topological polar surface area (TPSA) is 75.3 Å². The van der Waals surface area contributed by atoms with E-state index >= 15 is 0 Å². The predicted octanol–water partition coefficient (Wildman–Crippen LogP) is 0.980. The number of aliphatic hydroxyl groups is 1. The van der Waals surface area contributed by atoms with Crippen LogP contribution in [0.5, 0.6) is 0 Å². The minimum atomic E-state index is -0.128. The first-order valence-electron chi connectivity index (χ1n) is 4.49. The first-order chi connectivity index (χ1) is 6.74. The van der Waals surface area contributed by atoms with E-state index in [1.807, 2.05) is 0 Å². The number of anilines is 2. The molecule has 0 aliphatic carbocycles. The summed E-state index contributed by atoms with van der Waals surface area (Å²) in [6.45, 7) is 0.0255. The molecule has 0 unspecified atom stereocenters. The molecular formula is C10H14N2O2. The van der Waals surface area contributed by atoms with Crippen molar-refractivity contribution in [2.75, 3.05) is 17.7 Å². The summed E-state index contributed by atoms with van der Waals surface area (Å²) < 4.78 is 0. The third-order valence-electron chi connectivity index (χ3n) is 1.80. The molecule has 76 valence electrons. The molecule has 4 nitrogen and oxygen atoms in total. The van der Waals surface area contributed by atoms with Crippen molar-refractivity contribution in [2.45, 2.75) is 12.8 Å². The maximum atomic E-state index is 11.2. The average molecular weight is 194 g/mol. The van der Waals surface area contributed by atoms with Crippen molar-refractivity contribution in [2.24, 2.45) is 0 Å². The van der Waals surface area contributed by atoms with E-state index in [1.54, 1.807) is 24.3 Å². The predicted molar refractivity (Wildman–Crippen MR) is 55.8 cm³/mol. The number of nitrogens with two attached hydrogens (primary N) is 1. The number of amides is 1. The summed E-state index contributed by atoms with van der Waals surface area (Å²) in [4.78, 5) is 11.2. The monoisotopic (exact) mass is 194 g/mol. The summed E-state index contributed by atoms with van der Waals surface area (Å²) in [5, 5.41) is 11.2. The molecule has 1 amide bonds. The highest BCUT2D eigenvalue weighted by Crippen LogP contribution is 2.16. The number of rotatable bonds is 4. The number of benzene rings is 1. The van der Waals surface area contributed by atoms with Crippen molar-refractivity contribution in [3.05, 3.63) is 24.3 Å². The highest BCUT2D eigenvalue weighted by atomic mass is 16.3. The fourth-order valence-electron chi connectivity index (χ4n) is 1.06. The average Bonchev–Trinajstić information content (AvgIpc) is 2.18. The molecule has 0 aliphatic rings. The zero-order valence-corrected chi connectivity index (χ0v) is 7.86. The maximum Gasteiger partial charge on any atom is 0.224 e. The van der Waals surface area contributed by atoms with Crippen LogP contribution in [0.25, 0.3) is 0 Å². The van der Waals surface area contributed by atoms with Crippen LogP contribution in [0.4, 0.5) is 11.4 Å². The molecule has 1 aromatic rings. The summed E-state index contributed by atoms with van der Waals surface area (Å²) in [5.74, 6) is -0.128. The highest BCUT2D eigenvalue weighted by molar-refractivity contribution is 5.93. The lowest BCUT2D eigenvalue weighted by Crippen LogP contribution is -2.12. The summed E-state index contributed by atoms with van der Waals surface area (Å²) in [6, 6.07) is 7.07. The van der Waals surface area contributed by atoms with Crippen LogP contribution < -0.4 is 11.1 Å². The van der Waals surface area contributed by atoms with E-state index in [0.29, 0.717) is 24.2 Å². The Balaban J connectivity index is 2.52. The minimum Gasteiger partial charge on any atom is -0.397 e. The molecule has 1 rings (SSSR count). The molecule has 0 aliphatic heterocycles. The van der Waals surface area contributed by atoms with E-state index < -0.39 is 0 Å². The van der Waals surface area contributed by atoms with Crippen LogP contribution >= 0.6 is 0 Å². The molecule has 0 fully saturated rings. The summed E-state index contributed by atoms with van der Waals surface area (Å²) in [7, 11) is 0. The second-order valence-electron chi connectivity index (χ2n) is 2.96. The molecule has 4 N–H and O–H groups in total. The van der Waals surface area contributed by atoms with Crippen molar-refractivity contribution in [1.82, 2.24) is 0 Å². The van der Waals surface area contributed by atoms with Crippen LogP contribution in [0, 0.1) is 0 Å². The molecule has 0 saturated carbocycles. The van der Waals surface area contributed by atoms with E-state index in [2.05, 4.69) is 5.32 Å². The Bertz CT molecular complexity index is 313. The number of carbonyl (C=O) groups excluding carboxylic acids is 1. The van der Waals surface area contributed by atoms with Crippen molar-refractivity contribution in [1.29, 1.82) is 0 Å². The molecule has 0 bridgehead atoms. The summed E-state index contributed by atoms with van der Waals surface area (Å²) >= 11 is 0. The van der Waals surface area contributed by atoms with Crippen LogP contribution in [-0.4, -0.2) is 17.6 Å². The van der Waals surface area contributed by atoms with Crippen molar-refractivity contribution in [3.63, 3.8) is 0 Å². The van der Waals surface area contributed by atoms with E-state index in [4.69, 9.17) is 10.8 Å². The second kappa shape index (κ2) is 5.24. The molecule has 0 atom stereocenters. The Morgan fingerprint density at radius 1 is 1.43 bits per heavy atom. The Morgan fingerprint density at radius 2 is 2.14 bits per heavy atom. The van der Waals surface area contributed by atoms with Gasteiger partial charge in [0, 0.05) is 13.0 Å². The molecule has 0 saturated heterocycles. The number of aliphatic hydroxyl groups excluding tert-OH is 1. The molecule has 0 spiro atoms. The Labute approximate surface area is 82.7 Å². The lowest BCUT2D eigenvalue weighted by Gasteiger charge is -2.06. The molecule has 0 heterocycles. The summed E-state index contributed by atoms with van der Waals surface area (Å²) in [6.07, 6.45) is 0.781. The molecule has 0 radical (unpaired) electrons. The van der Waals surface area contributed by atoms with E-state index in [1.165, 1.54) is 0 Å². The molecule has 0 aromatic heterocycles. The second-order valence-corrected chi connectivity index (χ2v) is 2.96. The van der Waals surface area contributed by atoms with Gasteiger partial charge in [-0.1, -0.05) is 12.1 Å². The maximum absolute atomic E-state index is 11.2. The van der Waals surface area contributed by atoms with Crippen LogP contribution in [-0.2, 0) is 4.79 Å². The lowest BCUT2D eigenvalue weighted by atomic mass is 10.2. The zero-order chi connectivity index (χ0) is 10.4. The molecule has 4 heteroatoms. The Hall–Kier alpha value is -1.55. The van der Waals surface area contributed by atoms with Gasteiger partial charge in [-0.05, 0) is 18.6 Å². The number of nitrogen functional groups attached to an aromatic ring is 1. The number of nitrogens with one attached hydrogen (secondary N) is 1. The molecule has 1 aromatic carbocycles. The Morgan fingerprint density at radius 3 is 2.79 bits per heavy atom. The summed E-state index contributed by atoms with van der Waals surface area (Å²) in [5.41, 5.74) is 6.80. The van der Waals surface area contributed by atoms with Crippen molar-refractivity contribution >= 4 is 17.3 Å². The first-order valence-corrected chi connectivity index (χ1v) is 4.49. The molecule has 14 heavy (non-hydrogen) atoms. The third kappa shape index (κ3) is 3.06. The lowest BCUT2D eigenvalue weighted by molar-refractivity contribution is -0.116. The first kappa shape index (κ1) is 10.5. The van der Waals surface area contributed by atoms with Crippen LogP contribution in [0.2, 0.25) is 0 Å². The third-order valence-corrected chi connectivity index (χ3v) is 1.80. The standard InChI is InChI=1S/C10H14N2O2/c11-8-4-1-2-5-9(8)12-10(14)6-3-7-13/h1-2,4-5,13H,3,6-7,11H2,(H,12,14). The normalized spacial score (nSPS) is 9.79. The smallest absolute Gasteiger partial charge is 0.224 e. The van der Waals surface area contributed by atoms with Gasteiger partial charge in [-0.25, -0.2) is 0 Å². The number of hydrogen-bond donors (Lipinski definition) is 3. The van der Waals surface area contributed by atoms with Crippen LogP contribution in [0.15, 0.2) is 24.3 Å². The number of para-hydroxylation sites is 2. The van der Waals surface area contributed by atoms with Gasteiger partial charge in [0.15, 0.2) is 0 Å². The largest absolute Gasteiger partial charge is 0.397 e. The van der Waals surface area contributed by atoms with Gasteiger partial charge in [-0.2, -0.15) is 0 Å². The fraction of sp³-hybridized carbons (Fsp3) is 0.300. The van der Waals surface area contributed by atoms with Gasteiger partial charge in [0.25, 0.3) is 0 Å². The van der Waals surface area contributed by atoms with Gasteiger partial charge in [0.2, 0.25) is 5.91 Å². The van der Waals surface area contributed by atoms with Crippen molar-refractivity contribution < 1.29 is 9.90 Å². The SMILES string of the molecule is Nc1ccccc1NC(=O)CCCO. The molecular weight excluding hydrogens is 180 g/mol. The van der Waals surface area contributed by atoms with Crippen molar-refractivity contribution in [3.8, 4) is 0 Å². The van der Waals surface area contributed by atoms with E-state index in [-0.39, 0.29) is 12.5 Å². The van der Waals surface area contributed by atoms with Gasteiger partial charge < -0.3 is 16.2 Å². The quantitative estimate of drug-likeness (QED) is 0.625. The van der Waals surface area contributed by atoms with Gasteiger partial charge in [-0.15, -0.1) is 0 Å². The minimum absolute atomic E-state index is 0.0255.